The van der Waals surface area contributed by atoms with E-state index in [4.69, 9.17) is 4.74 Å². The number of alkyl halides is 1. The molecule has 2 aromatic rings. The summed E-state index contributed by atoms with van der Waals surface area (Å²) < 4.78 is 6.86. The van der Waals surface area contributed by atoms with Crippen LogP contribution in [0, 0.1) is 17.0 Å². The maximum atomic E-state index is 10.8. The summed E-state index contributed by atoms with van der Waals surface area (Å²) >= 11 is 6.90. The van der Waals surface area contributed by atoms with Crippen LogP contribution in [0.2, 0.25) is 0 Å². The number of nitro groups is 1. The number of benzene rings is 2. The molecule has 0 saturated heterocycles. The van der Waals surface area contributed by atoms with Crippen LogP contribution in [-0.2, 0) is 11.9 Å². The summed E-state index contributed by atoms with van der Waals surface area (Å²) in [5, 5.41) is 11.5. The second kappa shape index (κ2) is 7.04. The van der Waals surface area contributed by atoms with Gasteiger partial charge in [-0.25, -0.2) is 0 Å². The molecule has 0 aromatic heterocycles. The molecule has 0 aliphatic rings. The van der Waals surface area contributed by atoms with E-state index in [0.717, 1.165) is 26.9 Å². The van der Waals surface area contributed by atoms with E-state index in [1.54, 1.807) is 6.07 Å². The highest BCUT2D eigenvalue weighted by atomic mass is 79.9. The topological polar surface area (TPSA) is 52.4 Å². The normalized spacial score (nSPS) is 10.4. The number of halogens is 2. The highest BCUT2D eigenvalue weighted by molar-refractivity contribution is 9.10. The van der Waals surface area contributed by atoms with E-state index in [0.29, 0.717) is 11.9 Å². The Labute approximate surface area is 139 Å². The summed E-state index contributed by atoms with van der Waals surface area (Å²) in [5.41, 5.74) is 2.90. The van der Waals surface area contributed by atoms with Gasteiger partial charge in [-0.1, -0.05) is 44.0 Å². The maximum Gasteiger partial charge on any atom is 0.269 e. The lowest BCUT2D eigenvalue weighted by atomic mass is 10.1. The number of nitrogens with zero attached hydrogens (tertiary/aromatic N) is 1. The lowest BCUT2D eigenvalue weighted by Gasteiger charge is -2.13. The van der Waals surface area contributed by atoms with Crippen LogP contribution in [0.25, 0.3) is 0 Å². The first kappa shape index (κ1) is 16.0. The van der Waals surface area contributed by atoms with Crippen molar-refractivity contribution in [2.75, 3.05) is 0 Å². The Morgan fingerprint density at radius 1 is 1.29 bits per heavy atom. The fourth-order valence-corrected chi connectivity index (χ4v) is 3.06. The molecule has 0 aliphatic carbocycles. The number of rotatable bonds is 5. The van der Waals surface area contributed by atoms with Crippen molar-refractivity contribution in [1.29, 1.82) is 0 Å². The second-order valence-electron chi connectivity index (χ2n) is 4.56. The van der Waals surface area contributed by atoms with E-state index in [1.165, 1.54) is 12.1 Å². The fraction of sp³-hybridized carbons (Fsp3) is 0.200. The summed E-state index contributed by atoms with van der Waals surface area (Å²) in [6, 6.07) is 10.4. The van der Waals surface area contributed by atoms with Crippen LogP contribution in [0.3, 0.4) is 0 Å². The van der Waals surface area contributed by atoms with Crippen molar-refractivity contribution in [3.63, 3.8) is 0 Å². The minimum absolute atomic E-state index is 0.0735. The van der Waals surface area contributed by atoms with Gasteiger partial charge in [0.25, 0.3) is 5.69 Å². The van der Waals surface area contributed by atoms with Crippen molar-refractivity contribution in [3.8, 4) is 5.75 Å². The Bertz CT molecular complexity index is 674. The number of hydrogen-bond donors (Lipinski definition) is 0. The quantitative estimate of drug-likeness (QED) is 0.386. The van der Waals surface area contributed by atoms with Crippen LogP contribution in [-0.4, -0.2) is 4.92 Å². The Morgan fingerprint density at radius 2 is 2.05 bits per heavy atom. The smallest absolute Gasteiger partial charge is 0.269 e. The van der Waals surface area contributed by atoms with Gasteiger partial charge >= 0.3 is 0 Å². The van der Waals surface area contributed by atoms with Crippen molar-refractivity contribution in [2.24, 2.45) is 0 Å². The van der Waals surface area contributed by atoms with E-state index >= 15 is 0 Å². The Balaban J connectivity index is 2.20. The lowest BCUT2D eigenvalue weighted by Crippen LogP contribution is -2.01. The molecule has 0 radical (unpaired) electrons. The monoisotopic (exact) mass is 413 g/mol. The second-order valence-corrected chi connectivity index (χ2v) is 6.04. The Hall–Kier alpha value is -1.40. The van der Waals surface area contributed by atoms with Gasteiger partial charge < -0.3 is 4.74 Å². The molecule has 0 spiro atoms. The molecule has 0 saturated carbocycles. The molecule has 21 heavy (non-hydrogen) atoms. The van der Waals surface area contributed by atoms with Crippen LogP contribution in [0.5, 0.6) is 5.75 Å². The highest BCUT2D eigenvalue weighted by Crippen LogP contribution is 2.30. The molecule has 0 fully saturated rings. The van der Waals surface area contributed by atoms with Crippen LogP contribution in [0.15, 0.2) is 40.9 Å². The summed E-state index contributed by atoms with van der Waals surface area (Å²) in [7, 11) is 0. The molecular formula is C15H13Br2NO3. The largest absolute Gasteiger partial charge is 0.488 e. The van der Waals surface area contributed by atoms with Gasteiger partial charge in [0.1, 0.15) is 12.4 Å². The molecule has 2 rings (SSSR count). The van der Waals surface area contributed by atoms with Crippen molar-refractivity contribution in [3.05, 3.63) is 67.7 Å². The van der Waals surface area contributed by atoms with Crippen LogP contribution < -0.4 is 4.74 Å². The third kappa shape index (κ3) is 4.04. The molecule has 0 atom stereocenters. The van der Waals surface area contributed by atoms with E-state index in [2.05, 4.69) is 31.9 Å². The van der Waals surface area contributed by atoms with Crippen molar-refractivity contribution < 1.29 is 9.66 Å². The first-order valence-electron chi connectivity index (χ1n) is 6.22. The zero-order chi connectivity index (χ0) is 15.4. The summed E-state index contributed by atoms with van der Waals surface area (Å²) in [4.78, 5) is 10.4. The lowest BCUT2D eigenvalue weighted by molar-refractivity contribution is -0.384. The number of ether oxygens (including phenoxy) is 1. The zero-order valence-electron chi connectivity index (χ0n) is 11.3. The third-order valence-electron chi connectivity index (χ3n) is 2.96. The van der Waals surface area contributed by atoms with E-state index in [9.17, 15) is 10.1 Å². The molecule has 110 valence electrons. The molecule has 0 aliphatic heterocycles. The van der Waals surface area contributed by atoms with Crippen LogP contribution in [0.1, 0.15) is 16.7 Å². The van der Waals surface area contributed by atoms with Crippen LogP contribution >= 0.6 is 31.9 Å². The van der Waals surface area contributed by atoms with Gasteiger partial charge in [-0.15, -0.1) is 0 Å². The van der Waals surface area contributed by atoms with E-state index < -0.39 is 4.92 Å². The summed E-state index contributed by atoms with van der Waals surface area (Å²) in [6.45, 7) is 2.27. The first-order chi connectivity index (χ1) is 10.0. The molecule has 4 nitrogen and oxygen atoms in total. The average Bonchev–Trinajstić information content (AvgIpc) is 2.45. The molecular weight excluding hydrogens is 402 g/mol. The number of aryl methyl sites for hydroxylation is 1. The van der Waals surface area contributed by atoms with Gasteiger partial charge in [0, 0.05) is 27.5 Å². The first-order valence-corrected chi connectivity index (χ1v) is 8.14. The maximum absolute atomic E-state index is 10.8. The molecule has 2 aromatic carbocycles. The van der Waals surface area contributed by atoms with Gasteiger partial charge in [-0.3, -0.25) is 10.1 Å². The van der Waals surface area contributed by atoms with Crippen molar-refractivity contribution in [2.45, 2.75) is 18.9 Å². The predicted molar refractivity (Wildman–Crippen MR) is 88.9 cm³/mol. The summed E-state index contributed by atoms with van der Waals surface area (Å²) in [6.07, 6.45) is 0. The minimum Gasteiger partial charge on any atom is -0.488 e. The Morgan fingerprint density at radius 3 is 2.71 bits per heavy atom. The minimum atomic E-state index is -0.404. The van der Waals surface area contributed by atoms with E-state index in [1.807, 2.05) is 25.1 Å². The highest BCUT2D eigenvalue weighted by Gasteiger charge is 2.10. The fourth-order valence-electron chi connectivity index (χ4n) is 2.02. The number of nitro benzene ring substituents is 1. The van der Waals surface area contributed by atoms with Gasteiger partial charge in [-0.05, 0) is 30.2 Å². The van der Waals surface area contributed by atoms with Gasteiger partial charge in [0.05, 0.1) is 4.92 Å². The van der Waals surface area contributed by atoms with Gasteiger partial charge in [-0.2, -0.15) is 0 Å². The van der Waals surface area contributed by atoms with E-state index in [-0.39, 0.29) is 5.69 Å². The third-order valence-corrected chi connectivity index (χ3v) is 4.03. The standard InChI is InChI=1S/C15H13Br2NO3/c1-10-5-13(17)7-12(8-16)15(10)21-9-11-3-2-4-14(6-11)18(19)20/h2-7H,8-9H2,1H3. The van der Waals surface area contributed by atoms with Gasteiger partial charge in [0.2, 0.25) is 0 Å². The van der Waals surface area contributed by atoms with Gasteiger partial charge in [0.15, 0.2) is 0 Å². The number of hydrogen-bond acceptors (Lipinski definition) is 3. The molecule has 0 heterocycles. The van der Waals surface area contributed by atoms with Crippen LogP contribution in [0.4, 0.5) is 5.69 Å². The molecule has 0 amide bonds. The molecule has 0 unspecified atom stereocenters. The molecule has 6 heteroatoms. The van der Waals surface area contributed by atoms with Crippen molar-refractivity contribution in [1.82, 2.24) is 0 Å². The number of non-ortho nitro benzene ring substituents is 1. The molecule has 0 N–H and O–H groups in total. The zero-order valence-corrected chi connectivity index (χ0v) is 14.5. The SMILES string of the molecule is Cc1cc(Br)cc(CBr)c1OCc1cccc([N+](=O)[O-])c1. The Kier molecular flexibility index (Phi) is 5.36. The summed E-state index contributed by atoms with van der Waals surface area (Å²) in [5.74, 6) is 0.807. The molecule has 0 bridgehead atoms. The van der Waals surface area contributed by atoms with Crippen molar-refractivity contribution >= 4 is 37.5 Å². The average molecular weight is 415 g/mol. The predicted octanol–water partition coefficient (Wildman–Crippen LogP) is 5.14.